The molecule has 0 atom stereocenters. The van der Waals surface area contributed by atoms with E-state index in [-0.39, 0.29) is 12.0 Å². The number of H-pyrrole nitrogens is 1. The Hall–Kier alpha value is -2.34. The van der Waals surface area contributed by atoms with Gasteiger partial charge in [0.25, 0.3) is 5.91 Å². The van der Waals surface area contributed by atoms with Crippen molar-refractivity contribution < 1.29 is 14.3 Å². The molecular formula is C19H24N2O3S. The lowest BCUT2D eigenvalue weighted by Crippen LogP contribution is -2.31. The molecule has 0 unspecified atom stereocenters. The van der Waals surface area contributed by atoms with Crippen molar-refractivity contribution in [3.63, 3.8) is 0 Å². The molecule has 2 aromatic heterocycles. The number of hydrogen-bond acceptors (Lipinski definition) is 4. The van der Waals surface area contributed by atoms with E-state index in [4.69, 9.17) is 4.74 Å². The topological polar surface area (TPSA) is 62.4 Å². The van der Waals surface area contributed by atoms with Crippen LogP contribution >= 0.6 is 11.3 Å². The third-order valence-electron chi connectivity index (χ3n) is 3.76. The molecule has 0 fully saturated rings. The summed E-state index contributed by atoms with van der Waals surface area (Å²) in [5.74, 6) is -0.564. The van der Waals surface area contributed by atoms with Crippen molar-refractivity contribution in [2.24, 2.45) is 0 Å². The molecule has 5 nitrogen and oxygen atoms in total. The highest BCUT2D eigenvalue weighted by atomic mass is 32.1. The van der Waals surface area contributed by atoms with E-state index in [2.05, 4.69) is 11.6 Å². The fourth-order valence-electron chi connectivity index (χ4n) is 2.67. The predicted molar refractivity (Wildman–Crippen MR) is 100 cm³/mol. The highest BCUT2D eigenvalue weighted by molar-refractivity contribution is 7.09. The fourth-order valence-corrected chi connectivity index (χ4v) is 3.39. The summed E-state index contributed by atoms with van der Waals surface area (Å²) in [7, 11) is 0. The Morgan fingerprint density at radius 2 is 2.12 bits per heavy atom. The molecule has 2 rings (SSSR count). The summed E-state index contributed by atoms with van der Waals surface area (Å²) in [5, 5.41) is 1.98. The molecule has 0 bridgehead atoms. The summed E-state index contributed by atoms with van der Waals surface area (Å²) in [5.41, 5.74) is 2.12. The van der Waals surface area contributed by atoms with Crippen LogP contribution in [0.4, 0.5) is 0 Å². The van der Waals surface area contributed by atoms with Crippen molar-refractivity contribution in [2.75, 3.05) is 6.54 Å². The summed E-state index contributed by atoms with van der Waals surface area (Å²) >= 11 is 1.60. The number of carbonyl (C=O) groups excluding carboxylic acids is 2. The van der Waals surface area contributed by atoms with Crippen LogP contribution in [0.3, 0.4) is 0 Å². The molecule has 0 aliphatic carbocycles. The maximum absolute atomic E-state index is 13.0. The van der Waals surface area contributed by atoms with Crippen LogP contribution in [0, 0.1) is 13.8 Å². The second kappa shape index (κ2) is 8.16. The van der Waals surface area contributed by atoms with Crippen LogP contribution in [-0.4, -0.2) is 34.4 Å². The summed E-state index contributed by atoms with van der Waals surface area (Å²) in [6.45, 7) is 11.8. The van der Waals surface area contributed by atoms with Crippen molar-refractivity contribution >= 4 is 23.2 Å². The molecule has 0 spiro atoms. The number of nitrogens with zero attached hydrogens (tertiary/aromatic N) is 1. The first kappa shape index (κ1) is 19.0. The number of hydrogen-bond donors (Lipinski definition) is 1. The zero-order valence-electron chi connectivity index (χ0n) is 15.1. The minimum Gasteiger partial charge on any atom is -0.459 e. The standard InChI is InChI=1S/C19H24N2O3S/c1-6-9-21(11-15-8-7-10-25-15)18(22)17-13(4)16(14(5)20-17)19(23)24-12(2)3/h6-8,10,12,20H,1,9,11H2,2-5H3. The number of ether oxygens (including phenoxy) is 1. The number of amides is 1. The summed E-state index contributed by atoms with van der Waals surface area (Å²) in [4.78, 5) is 31.2. The van der Waals surface area contributed by atoms with E-state index < -0.39 is 5.97 Å². The zero-order chi connectivity index (χ0) is 18.6. The Bertz CT molecular complexity index is 760. The van der Waals surface area contributed by atoms with Crippen molar-refractivity contribution in [1.82, 2.24) is 9.88 Å². The minimum absolute atomic E-state index is 0.155. The van der Waals surface area contributed by atoms with E-state index in [0.29, 0.717) is 35.6 Å². The Balaban J connectivity index is 2.30. The monoisotopic (exact) mass is 360 g/mol. The average molecular weight is 360 g/mol. The maximum atomic E-state index is 13.0. The van der Waals surface area contributed by atoms with Gasteiger partial charge in [0, 0.05) is 17.1 Å². The van der Waals surface area contributed by atoms with Gasteiger partial charge >= 0.3 is 5.97 Å². The maximum Gasteiger partial charge on any atom is 0.340 e. The molecule has 2 aromatic rings. The van der Waals surface area contributed by atoms with Crippen LogP contribution < -0.4 is 0 Å². The number of carbonyl (C=O) groups is 2. The molecule has 134 valence electrons. The number of nitrogens with one attached hydrogen (secondary N) is 1. The highest BCUT2D eigenvalue weighted by Gasteiger charge is 2.26. The van der Waals surface area contributed by atoms with E-state index in [0.717, 1.165) is 4.88 Å². The Morgan fingerprint density at radius 3 is 2.68 bits per heavy atom. The smallest absolute Gasteiger partial charge is 0.340 e. The van der Waals surface area contributed by atoms with E-state index in [1.807, 2.05) is 17.5 Å². The average Bonchev–Trinajstić information content (AvgIpc) is 3.13. The van der Waals surface area contributed by atoms with E-state index >= 15 is 0 Å². The quantitative estimate of drug-likeness (QED) is 0.598. The number of aryl methyl sites for hydroxylation is 1. The van der Waals surface area contributed by atoms with Gasteiger partial charge in [0.15, 0.2) is 0 Å². The van der Waals surface area contributed by atoms with Gasteiger partial charge in [0.2, 0.25) is 0 Å². The molecule has 6 heteroatoms. The Morgan fingerprint density at radius 1 is 1.40 bits per heavy atom. The summed E-state index contributed by atoms with van der Waals surface area (Å²) < 4.78 is 5.29. The minimum atomic E-state index is -0.408. The summed E-state index contributed by atoms with van der Waals surface area (Å²) in [6, 6.07) is 3.95. The van der Waals surface area contributed by atoms with Gasteiger partial charge in [0.1, 0.15) is 5.69 Å². The van der Waals surface area contributed by atoms with Gasteiger partial charge in [-0.1, -0.05) is 12.1 Å². The van der Waals surface area contributed by atoms with Gasteiger partial charge in [-0.15, -0.1) is 17.9 Å². The SMILES string of the molecule is C=CCN(Cc1cccs1)C(=O)c1[nH]c(C)c(C(=O)OC(C)C)c1C. The normalized spacial score (nSPS) is 10.8. The highest BCUT2D eigenvalue weighted by Crippen LogP contribution is 2.22. The second-order valence-corrected chi connectivity index (χ2v) is 7.17. The molecule has 0 aliphatic heterocycles. The zero-order valence-corrected chi connectivity index (χ0v) is 15.9. The number of esters is 1. The first-order valence-electron chi connectivity index (χ1n) is 8.17. The fraction of sp³-hybridized carbons (Fsp3) is 0.368. The molecule has 0 aliphatic rings. The molecule has 0 saturated heterocycles. The molecule has 2 heterocycles. The van der Waals surface area contributed by atoms with Gasteiger partial charge in [-0.25, -0.2) is 4.79 Å². The number of rotatable bonds is 7. The predicted octanol–water partition coefficient (Wildman–Crippen LogP) is 4.09. The van der Waals surface area contributed by atoms with Gasteiger partial charge in [-0.05, 0) is 44.7 Å². The molecule has 1 N–H and O–H groups in total. The van der Waals surface area contributed by atoms with Crippen molar-refractivity contribution in [2.45, 2.75) is 40.3 Å². The van der Waals surface area contributed by atoms with E-state index in [1.54, 1.807) is 50.0 Å². The van der Waals surface area contributed by atoms with Crippen molar-refractivity contribution in [3.8, 4) is 0 Å². The van der Waals surface area contributed by atoms with Crippen molar-refractivity contribution in [1.29, 1.82) is 0 Å². The Kier molecular flexibility index (Phi) is 6.20. The van der Waals surface area contributed by atoms with E-state index in [1.165, 1.54) is 0 Å². The first-order chi connectivity index (χ1) is 11.8. The van der Waals surface area contributed by atoms with Gasteiger partial charge in [0.05, 0.1) is 18.2 Å². The van der Waals surface area contributed by atoms with Crippen LogP contribution in [0.5, 0.6) is 0 Å². The van der Waals surface area contributed by atoms with Gasteiger partial charge in [-0.2, -0.15) is 0 Å². The molecule has 0 aromatic carbocycles. The lowest BCUT2D eigenvalue weighted by molar-refractivity contribution is 0.0376. The lowest BCUT2D eigenvalue weighted by atomic mass is 10.1. The molecular weight excluding hydrogens is 336 g/mol. The molecule has 0 saturated carbocycles. The third-order valence-corrected chi connectivity index (χ3v) is 4.62. The Labute approximate surface area is 152 Å². The lowest BCUT2D eigenvalue weighted by Gasteiger charge is -2.20. The molecule has 1 amide bonds. The largest absolute Gasteiger partial charge is 0.459 e. The van der Waals surface area contributed by atoms with Crippen LogP contribution in [0.15, 0.2) is 30.2 Å². The molecule has 0 radical (unpaired) electrons. The number of aromatic nitrogens is 1. The van der Waals surface area contributed by atoms with Crippen molar-refractivity contribution in [3.05, 3.63) is 57.6 Å². The van der Waals surface area contributed by atoms with Gasteiger partial charge in [-0.3, -0.25) is 4.79 Å². The first-order valence-corrected chi connectivity index (χ1v) is 9.05. The van der Waals surface area contributed by atoms with E-state index in [9.17, 15) is 9.59 Å². The van der Waals surface area contributed by atoms with Crippen LogP contribution in [-0.2, 0) is 11.3 Å². The van der Waals surface area contributed by atoms with Crippen LogP contribution in [0.2, 0.25) is 0 Å². The van der Waals surface area contributed by atoms with Crippen LogP contribution in [0.25, 0.3) is 0 Å². The second-order valence-electron chi connectivity index (χ2n) is 6.13. The number of aromatic amines is 1. The van der Waals surface area contributed by atoms with Crippen LogP contribution in [0.1, 0.15) is 50.8 Å². The third kappa shape index (κ3) is 4.39. The molecule has 25 heavy (non-hydrogen) atoms. The number of thiophene rings is 1. The summed E-state index contributed by atoms with van der Waals surface area (Å²) in [6.07, 6.45) is 1.49. The van der Waals surface area contributed by atoms with Gasteiger partial charge < -0.3 is 14.6 Å².